The van der Waals surface area contributed by atoms with Crippen LogP contribution in [0, 0.1) is 0 Å². The van der Waals surface area contributed by atoms with Gasteiger partial charge in [-0.05, 0) is 27.7 Å². The third-order valence-electron chi connectivity index (χ3n) is 1.21. The van der Waals surface area contributed by atoms with E-state index in [0.29, 0.717) is 0 Å². The SMILES string of the molecule is CC(C)OCC(=O)CC(C)(C)O. The van der Waals surface area contributed by atoms with Crippen LogP contribution in [-0.4, -0.2) is 29.2 Å². The lowest BCUT2D eigenvalue weighted by molar-refractivity contribution is -0.128. The van der Waals surface area contributed by atoms with Crippen LogP contribution in [0.3, 0.4) is 0 Å². The van der Waals surface area contributed by atoms with Gasteiger partial charge >= 0.3 is 0 Å². The van der Waals surface area contributed by atoms with Crippen molar-refractivity contribution in [3.8, 4) is 0 Å². The van der Waals surface area contributed by atoms with Gasteiger partial charge in [-0.1, -0.05) is 0 Å². The van der Waals surface area contributed by atoms with Gasteiger partial charge in [0.1, 0.15) is 6.61 Å². The molecule has 0 fully saturated rings. The van der Waals surface area contributed by atoms with Gasteiger partial charge in [0.05, 0.1) is 11.7 Å². The second-order valence-electron chi connectivity index (χ2n) is 3.89. The lowest BCUT2D eigenvalue weighted by Crippen LogP contribution is -2.26. The third-order valence-corrected chi connectivity index (χ3v) is 1.21. The Morgan fingerprint density at radius 2 is 2.00 bits per heavy atom. The molecule has 0 radical (unpaired) electrons. The predicted octanol–water partition coefficient (Wildman–Crippen LogP) is 1.14. The van der Waals surface area contributed by atoms with E-state index in [9.17, 15) is 9.90 Å². The predicted molar refractivity (Wildman–Crippen MR) is 47.0 cm³/mol. The minimum atomic E-state index is -0.919. The molecule has 0 aliphatic carbocycles. The zero-order chi connectivity index (χ0) is 9.78. The molecule has 0 aliphatic rings. The molecule has 0 aromatic heterocycles. The standard InChI is InChI=1S/C9H18O3/c1-7(2)12-6-8(10)5-9(3,4)11/h7,11H,5-6H2,1-4H3. The van der Waals surface area contributed by atoms with Gasteiger partial charge in [-0.3, -0.25) is 4.79 Å². The Morgan fingerprint density at radius 3 is 2.33 bits per heavy atom. The van der Waals surface area contributed by atoms with Crippen LogP contribution in [0.1, 0.15) is 34.1 Å². The van der Waals surface area contributed by atoms with Crippen molar-refractivity contribution in [1.82, 2.24) is 0 Å². The number of ether oxygens (including phenoxy) is 1. The Hall–Kier alpha value is -0.410. The highest BCUT2D eigenvalue weighted by molar-refractivity contribution is 5.80. The second kappa shape index (κ2) is 4.58. The van der Waals surface area contributed by atoms with Crippen molar-refractivity contribution in [2.45, 2.75) is 45.8 Å². The highest BCUT2D eigenvalue weighted by Crippen LogP contribution is 2.07. The second-order valence-corrected chi connectivity index (χ2v) is 3.89. The van der Waals surface area contributed by atoms with Crippen molar-refractivity contribution in [2.24, 2.45) is 0 Å². The normalized spacial score (nSPS) is 12.2. The van der Waals surface area contributed by atoms with E-state index >= 15 is 0 Å². The summed E-state index contributed by atoms with van der Waals surface area (Å²) in [6, 6.07) is 0. The van der Waals surface area contributed by atoms with Crippen molar-refractivity contribution in [3.63, 3.8) is 0 Å². The average molecular weight is 174 g/mol. The maximum Gasteiger partial charge on any atom is 0.161 e. The molecule has 3 nitrogen and oxygen atoms in total. The van der Waals surface area contributed by atoms with Crippen LogP contribution in [0.25, 0.3) is 0 Å². The van der Waals surface area contributed by atoms with Gasteiger partial charge in [0.2, 0.25) is 0 Å². The van der Waals surface area contributed by atoms with E-state index in [2.05, 4.69) is 0 Å². The van der Waals surface area contributed by atoms with E-state index in [1.807, 2.05) is 13.8 Å². The van der Waals surface area contributed by atoms with E-state index in [1.54, 1.807) is 13.8 Å². The fourth-order valence-electron chi connectivity index (χ4n) is 0.793. The van der Waals surface area contributed by atoms with E-state index in [0.717, 1.165) is 0 Å². The summed E-state index contributed by atoms with van der Waals surface area (Å²) >= 11 is 0. The molecular formula is C9H18O3. The van der Waals surface area contributed by atoms with Crippen molar-refractivity contribution in [2.75, 3.05) is 6.61 Å². The van der Waals surface area contributed by atoms with Gasteiger partial charge < -0.3 is 9.84 Å². The number of aliphatic hydroxyl groups is 1. The van der Waals surface area contributed by atoms with Gasteiger partial charge in [-0.2, -0.15) is 0 Å². The summed E-state index contributed by atoms with van der Waals surface area (Å²) < 4.78 is 5.09. The molecular weight excluding hydrogens is 156 g/mol. The summed E-state index contributed by atoms with van der Waals surface area (Å²) in [4.78, 5) is 11.1. The number of Topliss-reactive ketones (excluding diaryl/α,β-unsaturated/α-hetero) is 1. The Balaban J connectivity index is 3.61. The highest BCUT2D eigenvalue weighted by Gasteiger charge is 2.17. The minimum Gasteiger partial charge on any atom is -0.390 e. The summed E-state index contributed by atoms with van der Waals surface area (Å²) in [6.45, 7) is 7.07. The number of hydrogen-bond donors (Lipinski definition) is 1. The molecule has 72 valence electrons. The molecule has 0 saturated heterocycles. The van der Waals surface area contributed by atoms with Crippen molar-refractivity contribution in [3.05, 3.63) is 0 Å². The molecule has 0 bridgehead atoms. The Morgan fingerprint density at radius 1 is 1.50 bits per heavy atom. The monoisotopic (exact) mass is 174 g/mol. The lowest BCUT2D eigenvalue weighted by Gasteiger charge is -2.16. The van der Waals surface area contributed by atoms with Crippen LogP contribution >= 0.6 is 0 Å². The smallest absolute Gasteiger partial charge is 0.161 e. The summed E-state index contributed by atoms with van der Waals surface area (Å²) in [5.74, 6) is -0.0591. The first-order valence-corrected chi connectivity index (χ1v) is 4.17. The maximum atomic E-state index is 11.1. The van der Waals surface area contributed by atoms with E-state index < -0.39 is 5.60 Å². The molecule has 0 heterocycles. The number of carbonyl (C=O) groups excluding carboxylic acids is 1. The Bertz CT molecular complexity index is 144. The zero-order valence-corrected chi connectivity index (χ0v) is 8.26. The summed E-state index contributed by atoms with van der Waals surface area (Å²) in [6.07, 6.45) is 0.218. The van der Waals surface area contributed by atoms with Gasteiger partial charge in [-0.25, -0.2) is 0 Å². The number of ketones is 1. The Labute approximate surface area is 73.7 Å². The molecule has 0 aromatic rings. The van der Waals surface area contributed by atoms with E-state index in [1.165, 1.54) is 0 Å². The first kappa shape index (κ1) is 11.6. The lowest BCUT2D eigenvalue weighted by atomic mass is 10.0. The first-order chi connectivity index (χ1) is 5.31. The first-order valence-electron chi connectivity index (χ1n) is 4.17. The van der Waals surface area contributed by atoms with Crippen molar-refractivity contribution >= 4 is 5.78 Å². The van der Waals surface area contributed by atoms with E-state index in [4.69, 9.17) is 4.74 Å². The van der Waals surface area contributed by atoms with Gasteiger partial charge in [0.15, 0.2) is 5.78 Å². The van der Waals surface area contributed by atoms with Crippen LogP contribution in [0.5, 0.6) is 0 Å². The molecule has 0 unspecified atom stereocenters. The van der Waals surface area contributed by atoms with Gasteiger partial charge in [-0.15, -0.1) is 0 Å². The molecule has 0 atom stereocenters. The van der Waals surface area contributed by atoms with Crippen molar-refractivity contribution < 1.29 is 14.6 Å². The van der Waals surface area contributed by atoms with Crippen LogP contribution in [0.2, 0.25) is 0 Å². The molecule has 0 amide bonds. The Kier molecular flexibility index (Phi) is 4.42. The summed E-state index contributed by atoms with van der Waals surface area (Å²) in [7, 11) is 0. The maximum absolute atomic E-state index is 11.1. The summed E-state index contributed by atoms with van der Waals surface area (Å²) in [5, 5.41) is 9.28. The van der Waals surface area contributed by atoms with Crippen LogP contribution in [-0.2, 0) is 9.53 Å². The molecule has 1 N–H and O–H groups in total. The van der Waals surface area contributed by atoms with Gasteiger partial charge in [0.25, 0.3) is 0 Å². The molecule has 0 spiro atoms. The molecule has 0 rings (SSSR count). The fraction of sp³-hybridized carbons (Fsp3) is 0.889. The van der Waals surface area contributed by atoms with E-state index in [-0.39, 0.29) is 24.9 Å². The summed E-state index contributed by atoms with van der Waals surface area (Å²) in [5.41, 5.74) is -0.919. The third kappa shape index (κ3) is 7.69. The highest BCUT2D eigenvalue weighted by atomic mass is 16.5. The zero-order valence-electron chi connectivity index (χ0n) is 8.26. The topological polar surface area (TPSA) is 46.5 Å². The minimum absolute atomic E-state index is 0.0591. The number of rotatable bonds is 5. The van der Waals surface area contributed by atoms with Crippen molar-refractivity contribution in [1.29, 1.82) is 0 Å². The molecule has 0 saturated carbocycles. The van der Waals surface area contributed by atoms with Crippen LogP contribution < -0.4 is 0 Å². The molecule has 0 aliphatic heterocycles. The quantitative estimate of drug-likeness (QED) is 0.680. The number of carbonyl (C=O) groups is 1. The molecule has 3 heteroatoms. The molecule has 0 aromatic carbocycles. The average Bonchev–Trinajstić information content (AvgIpc) is 1.79. The largest absolute Gasteiger partial charge is 0.390 e. The number of hydrogen-bond acceptors (Lipinski definition) is 3. The van der Waals surface area contributed by atoms with Crippen LogP contribution in [0.15, 0.2) is 0 Å². The van der Waals surface area contributed by atoms with Gasteiger partial charge in [0, 0.05) is 6.42 Å². The molecule has 12 heavy (non-hydrogen) atoms. The van der Waals surface area contributed by atoms with Crippen LogP contribution in [0.4, 0.5) is 0 Å². The fourth-order valence-corrected chi connectivity index (χ4v) is 0.793.